The van der Waals surface area contributed by atoms with Crippen LogP contribution in [-0.4, -0.2) is 53.1 Å². The summed E-state index contributed by atoms with van der Waals surface area (Å²) in [6, 6.07) is 8.95. The first-order chi connectivity index (χ1) is 18.8. The van der Waals surface area contributed by atoms with Crippen molar-refractivity contribution in [3.05, 3.63) is 74.6 Å². The number of ether oxygens (including phenoxy) is 2. The predicted molar refractivity (Wildman–Crippen MR) is 155 cm³/mol. The molecule has 2 aliphatic rings. The fourth-order valence-electron chi connectivity index (χ4n) is 4.45. The number of benzene rings is 2. The minimum absolute atomic E-state index is 0.200. The molecule has 2 fully saturated rings. The Morgan fingerprint density at radius 2 is 1.85 bits per heavy atom. The van der Waals surface area contributed by atoms with Crippen molar-refractivity contribution in [3.8, 4) is 11.5 Å². The largest absolute Gasteiger partial charge is 0.490 e. The summed E-state index contributed by atoms with van der Waals surface area (Å²) in [6.45, 7) is 7.45. The molecule has 0 atom stereocenters. The molecule has 2 saturated heterocycles. The van der Waals surface area contributed by atoms with Gasteiger partial charge in [0.25, 0.3) is 11.1 Å². The number of rotatable bonds is 10. The molecule has 206 valence electrons. The summed E-state index contributed by atoms with van der Waals surface area (Å²) < 4.78 is 12.1. The van der Waals surface area contributed by atoms with Crippen LogP contribution in [0.15, 0.2) is 47.9 Å². The number of piperidine rings is 1. The van der Waals surface area contributed by atoms with Crippen LogP contribution in [0.5, 0.6) is 11.5 Å². The second kappa shape index (κ2) is 13.4. The van der Waals surface area contributed by atoms with E-state index in [9.17, 15) is 14.4 Å². The zero-order chi connectivity index (χ0) is 27.9. The van der Waals surface area contributed by atoms with E-state index in [2.05, 4.69) is 6.58 Å². The average molecular weight is 590 g/mol. The number of thioether (sulfide) groups is 1. The highest BCUT2D eigenvalue weighted by molar-refractivity contribution is 8.18. The van der Waals surface area contributed by atoms with Gasteiger partial charge in [-0.2, -0.15) is 0 Å². The summed E-state index contributed by atoms with van der Waals surface area (Å²) in [4.78, 5) is 41.4. The molecule has 2 aromatic rings. The van der Waals surface area contributed by atoms with Gasteiger partial charge in [0, 0.05) is 18.7 Å². The van der Waals surface area contributed by atoms with Crippen LogP contribution in [0.3, 0.4) is 0 Å². The zero-order valence-corrected chi connectivity index (χ0v) is 24.0. The van der Waals surface area contributed by atoms with Gasteiger partial charge >= 0.3 is 0 Å². The number of hydrogen-bond acceptors (Lipinski definition) is 6. The fourth-order valence-corrected chi connectivity index (χ4v) is 5.61. The molecule has 0 N–H and O–H groups in total. The number of carbonyl (C=O) groups excluding carboxylic acids is 3. The van der Waals surface area contributed by atoms with Crippen molar-refractivity contribution in [2.24, 2.45) is 0 Å². The SMILES string of the molecule is C=CCc1cc(/C=C2\SC(=O)N(CC(=O)N3CCCCC3)C2=O)cc(OCC)c1OCc1ccc(Cl)c(Cl)c1. The van der Waals surface area contributed by atoms with Crippen molar-refractivity contribution in [2.75, 3.05) is 26.2 Å². The monoisotopic (exact) mass is 588 g/mol. The molecule has 0 spiro atoms. The standard InChI is InChI=1S/C29H30Cl2N2O5S/c1-3-8-21-13-20(15-24(37-4-2)27(21)38-18-19-9-10-22(30)23(31)14-19)16-25-28(35)33(29(36)39-25)17-26(34)32-11-6-5-7-12-32/h3,9-10,13-16H,1,4-8,11-12,17-18H2,2H3/b25-16-. The van der Waals surface area contributed by atoms with Gasteiger partial charge in [-0.05, 0) is 85.8 Å². The number of carbonyl (C=O) groups is 3. The lowest BCUT2D eigenvalue weighted by Gasteiger charge is -2.27. The molecule has 0 aliphatic carbocycles. The average Bonchev–Trinajstić information content (AvgIpc) is 3.18. The van der Waals surface area contributed by atoms with Crippen molar-refractivity contribution < 1.29 is 23.9 Å². The third-order valence-corrected chi connectivity index (χ3v) is 8.01. The minimum atomic E-state index is -0.474. The Morgan fingerprint density at radius 3 is 2.54 bits per heavy atom. The Morgan fingerprint density at radius 1 is 1.08 bits per heavy atom. The highest BCUT2D eigenvalue weighted by Crippen LogP contribution is 2.38. The molecule has 2 aliphatic heterocycles. The van der Waals surface area contributed by atoms with Crippen molar-refractivity contribution in [1.82, 2.24) is 9.80 Å². The van der Waals surface area contributed by atoms with Gasteiger partial charge in [-0.15, -0.1) is 6.58 Å². The van der Waals surface area contributed by atoms with Crippen LogP contribution in [0.2, 0.25) is 10.0 Å². The highest BCUT2D eigenvalue weighted by Gasteiger charge is 2.37. The lowest BCUT2D eigenvalue weighted by Crippen LogP contribution is -2.44. The Bertz CT molecular complexity index is 1310. The second-order valence-electron chi connectivity index (χ2n) is 9.18. The number of likely N-dealkylation sites (tertiary alicyclic amines) is 1. The van der Waals surface area contributed by atoms with E-state index in [0.29, 0.717) is 53.2 Å². The lowest BCUT2D eigenvalue weighted by molar-refractivity contribution is -0.136. The van der Waals surface area contributed by atoms with E-state index in [1.54, 1.807) is 35.3 Å². The van der Waals surface area contributed by atoms with Crippen LogP contribution in [-0.2, 0) is 22.6 Å². The number of allylic oxidation sites excluding steroid dienone is 1. The van der Waals surface area contributed by atoms with Crippen molar-refractivity contribution in [2.45, 2.75) is 39.2 Å². The quantitative estimate of drug-likeness (QED) is 0.226. The molecule has 2 aromatic carbocycles. The molecule has 4 rings (SSSR count). The zero-order valence-electron chi connectivity index (χ0n) is 21.7. The van der Waals surface area contributed by atoms with Gasteiger partial charge in [0.15, 0.2) is 11.5 Å². The maximum Gasteiger partial charge on any atom is 0.294 e. The maximum absolute atomic E-state index is 13.1. The molecule has 2 heterocycles. The molecular formula is C29H30Cl2N2O5S. The first kappa shape index (κ1) is 29.1. The third-order valence-electron chi connectivity index (χ3n) is 6.36. The van der Waals surface area contributed by atoms with Crippen LogP contribution in [0, 0.1) is 0 Å². The van der Waals surface area contributed by atoms with Crippen molar-refractivity contribution in [3.63, 3.8) is 0 Å². The first-order valence-corrected chi connectivity index (χ1v) is 14.4. The van der Waals surface area contributed by atoms with E-state index in [1.807, 2.05) is 19.1 Å². The van der Waals surface area contributed by atoms with Gasteiger partial charge in [0.05, 0.1) is 21.6 Å². The van der Waals surface area contributed by atoms with Crippen LogP contribution in [0.4, 0.5) is 4.79 Å². The normalized spacial score (nSPS) is 16.6. The number of hydrogen-bond donors (Lipinski definition) is 0. The molecule has 0 aromatic heterocycles. The second-order valence-corrected chi connectivity index (χ2v) is 11.0. The van der Waals surface area contributed by atoms with E-state index in [1.165, 1.54) is 0 Å². The molecule has 10 heteroatoms. The number of nitrogens with zero attached hydrogens (tertiary/aromatic N) is 2. The van der Waals surface area contributed by atoms with Crippen LogP contribution < -0.4 is 9.47 Å². The predicted octanol–water partition coefficient (Wildman–Crippen LogP) is 6.75. The molecular weight excluding hydrogens is 559 g/mol. The topological polar surface area (TPSA) is 76.2 Å². The summed E-state index contributed by atoms with van der Waals surface area (Å²) in [5.74, 6) is 0.384. The van der Waals surface area contributed by atoms with Crippen LogP contribution in [0.1, 0.15) is 42.9 Å². The minimum Gasteiger partial charge on any atom is -0.490 e. The van der Waals surface area contributed by atoms with Crippen molar-refractivity contribution >= 4 is 58.1 Å². The molecule has 39 heavy (non-hydrogen) atoms. The molecule has 3 amide bonds. The van der Waals surface area contributed by atoms with Gasteiger partial charge in [-0.1, -0.05) is 35.3 Å². The Labute approximate surface area is 242 Å². The van der Waals surface area contributed by atoms with E-state index in [4.69, 9.17) is 32.7 Å². The van der Waals surface area contributed by atoms with E-state index >= 15 is 0 Å². The van der Waals surface area contributed by atoms with E-state index in [0.717, 1.165) is 47.1 Å². The fraction of sp³-hybridized carbons (Fsp3) is 0.345. The summed E-state index contributed by atoms with van der Waals surface area (Å²) in [6.07, 6.45) is 6.86. The van der Waals surface area contributed by atoms with E-state index in [-0.39, 0.29) is 24.0 Å². The summed E-state index contributed by atoms with van der Waals surface area (Å²) in [5.41, 5.74) is 2.32. The molecule has 0 bridgehead atoms. The van der Waals surface area contributed by atoms with Gasteiger partial charge < -0.3 is 14.4 Å². The molecule has 7 nitrogen and oxygen atoms in total. The lowest BCUT2D eigenvalue weighted by atomic mass is 10.0. The smallest absolute Gasteiger partial charge is 0.294 e. The number of halogens is 2. The van der Waals surface area contributed by atoms with Gasteiger partial charge in [-0.3, -0.25) is 19.3 Å². The molecule has 0 radical (unpaired) electrons. The van der Waals surface area contributed by atoms with Gasteiger partial charge in [-0.25, -0.2) is 0 Å². The third kappa shape index (κ3) is 7.18. The van der Waals surface area contributed by atoms with Crippen LogP contribution >= 0.6 is 35.0 Å². The van der Waals surface area contributed by atoms with Crippen molar-refractivity contribution in [1.29, 1.82) is 0 Å². The Balaban J connectivity index is 1.56. The van der Waals surface area contributed by atoms with Crippen LogP contribution in [0.25, 0.3) is 6.08 Å². The summed E-state index contributed by atoms with van der Waals surface area (Å²) in [7, 11) is 0. The summed E-state index contributed by atoms with van der Waals surface area (Å²) in [5, 5.41) is 0.456. The highest BCUT2D eigenvalue weighted by atomic mass is 35.5. The molecule has 0 unspecified atom stereocenters. The number of imide groups is 1. The maximum atomic E-state index is 13.1. The van der Waals surface area contributed by atoms with Gasteiger partial charge in [0.2, 0.25) is 5.91 Å². The Hall–Kier alpha value is -2.94. The summed E-state index contributed by atoms with van der Waals surface area (Å²) >= 11 is 13.0. The van der Waals surface area contributed by atoms with E-state index < -0.39 is 11.1 Å². The Kier molecular flexibility index (Phi) is 9.99. The number of amides is 3. The molecule has 0 saturated carbocycles. The van der Waals surface area contributed by atoms with Gasteiger partial charge in [0.1, 0.15) is 13.2 Å². The first-order valence-electron chi connectivity index (χ1n) is 12.8.